The molecule has 0 radical (unpaired) electrons. The predicted octanol–water partition coefficient (Wildman–Crippen LogP) is 4.48. The average Bonchev–Trinajstić information content (AvgIpc) is 3.45. The first kappa shape index (κ1) is 18.4. The van der Waals surface area contributed by atoms with Gasteiger partial charge < -0.3 is 9.80 Å². The van der Waals surface area contributed by atoms with Crippen LogP contribution in [-0.4, -0.2) is 29.0 Å². The van der Waals surface area contributed by atoms with Gasteiger partial charge in [-0.2, -0.15) is 0 Å². The molecule has 0 aliphatic carbocycles. The van der Waals surface area contributed by atoms with Crippen LogP contribution >= 0.6 is 23.1 Å². The summed E-state index contributed by atoms with van der Waals surface area (Å²) in [5.41, 5.74) is 2.32. The van der Waals surface area contributed by atoms with Crippen LogP contribution in [0, 0.1) is 5.82 Å². The maximum atomic E-state index is 13.8. The molecule has 3 heterocycles. The zero-order valence-corrected chi connectivity index (χ0v) is 17.0. The van der Waals surface area contributed by atoms with E-state index in [9.17, 15) is 14.0 Å². The zero-order chi connectivity index (χ0) is 20.0. The van der Waals surface area contributed by atoms with Gasteiger partial charge in [0.05, 0.1) is 17.1 Å². The molecule has 2 aliphatic heterocycles. The molecular formula is C22H17FN2O2S2. The molecule has 2 amide bonds. The fourth-order valence-electron chi connectivity index (χ4n) is 4.08. The molecule has 1 atom stereocenters. The molecule has 0 N–H and O–H groups in total. The van der Waals surface area contributed by atoms with E-state index < -0.39 is 4.87 Å². The molecule has 1 unspecified atom stereocenters. The van der Waals surface area contributed by atoms with Crippen molar-refractivity contribution in [1.29, 1.82) is 0 Å². The topological polar surface area (TPSA) is 40.6 Å². The second-order valence-electron chi connectivity index (χ2n) is 6.96. The van der Waals surface area contributed by atoms with Crippen LogP contribution in [0.5, 0.6) is 0 Å². The SMILES string of the molecule is O=C(c1cccs1)N1CCSC12C(=O)N(Cc1cccc(F)c1)c1ccccc12. The van der Waals surface area contributed by atoms with Crippen molar-refractivity contribution in [2.45, 2.75) is 11.4 Å². The molecule has 0 bridgehead atoms. The number of benzene rings is 2. The number of nitrogens with zero attached hydrogens (tertiary/aromatic N) is 2. The van der Waals surface area contributed by atoms with Crippen molar-refractivity contribution in [2.75, 3.05) is 17.2 Å². The van der Waals surface area contributed by atoms with Gasteiger partial charge in [-0.05, 0) is 35.2 Å². The van der Waals surface area contributed by atoms with Crippen molar-refractivity contribution in [3.05, 3.63) is 87.9 Å². The van der Waals surface area contributed by atoms with Crippen molar-refractivity contribution in [3.8, 4) is 0 Å². The highest BCUT2D eigenvalue weighted by Crippen LogP contribution is 2.54. The summed E-state index contributed by atoms with van der Waals surface area (Å²) >= 11 is 2.88. The number of fused-ring (bicyclic) bond motifs is 2. The monoisotopic (exact) mass is 424 g/mol. The summed E-state index contributed by atoms with van der Waals surface area (Å²) in [6, 6.07) is 17.5. The summed E-state index contributed by atoms with van der Waals surface area (Å²) in [4.78, 5) is 30.0. The molecule has 7 heteroatoms. The Balaban J connectivity index is 1.59. The summed E-state index contributed by atoms with van der Waals surface area (Å²) < 4.78 is 13.7. The summed E-state index contributed by atoms with van der Waals surface area (Å²) in [7, 11) is 0. The number of thioether (sulfide) groups is 1. The Kier molecular flexibility index (Phi) is 4.44. The third kappa shape index (κ3) is 2.80. The van der Waals surface area contributed by atoms with Crippen molar-refractivity contribution >= 4 is 40.6 Å². The van der Waals surface area contributed by atoms with Crippen molar-refractivity contribution in [1.82, 2.24) is 4.90 Å². The first-order chi connectivity index (χ1) is 14.1. The lowest BCUT2D eigenvalue weighted by molar-refractivity contribution is -0.123. The maximum absolute atomic E-state index is 13.8. The predicted molar refractivity (Wildman–Crippen MR) is 114 cm³/mol. The molecule has 1 saturated heterocycles. The van der Waals surface area contributed by atoms with Gasteiger partial charge >= 0.3 is 0 Å². The highest BCUT2D eigenvalue weighted by atomic mass is 32.2. The second kappa shape index (κ2) is 7.00. The van der Waals surface area contributed by atoms with E-state index in [1.165, 1.54) is 35.2 Å². The second-order valence-corrected chi connectivity index (χ2v) is 9.20. The van der Waals surface area contributed by atoms with Crippen molar-refractivity contribution in [2.24, 2.45) is 0 Å². The van der Waals surface area contributed by atoms with Gasteiger partial charge in [0.25, 0.3) is 11.8 Å². The van der Waals surface area contributed by atoms with Gasteiger partial charge in [0.15, 0.2) is 4.87 Å². The number of carbonyl (C=O) groups excluding carboxylic acids is 2. The molecule has 1 spiro atoms. The van der Waals surface area contributed by atoms with Gasteiger partial charge in [-0.15, -0.1) is 23.1 Å². The molecule has 4 nitrogen and oxygen atoms in total. The number of hydrogen-bond donors (Lipinski definition) is 0. The van der Waals surface area contributed by atoms with E-state index in [2.05, 4.69) is 0 Å². The number of carbonyl (C=O) groups is 2. The Labute approximate surface area is 175 Å². The van der Waals surface area contributed by atoms with Crippen molar-refractivity contribution < 1.29 is 14.0 Å². The highest BCUT2D eigenvalue weighted by molar-refractivity contribution is 8.01. The number of anilines is 1. The number of halogens is 1. The first-order valence-electron chi connectivity index (χ1n) is 9.26. The fraction of sp³-hybridized carbons (Fsp3) is 0.182. The van der Waals surface area contributed by atoms with Crippen molar-refractivity contribution in [3.63, 3.8) is 0 Å². The van der Waals surface area contributed by atoms with Crippen LogP contribution in [-0.2, 0) is 16.2 Å². The molecule has 29 heavy (non-hydrogen) atoms. The molecule has 0 saturated carbocycles. The van der Waals surface area contributed by atoms with E-state index in [4.69, 9.17) is 0 Å². The van der Waals surface area contributed by atoms with Crippen LogP contribution < -0.4 is 4.90 Å². The lowest BCUT2D eigenvalue weighted by Crippen LogP contribution is -2.50. The minimum Gasteiger partial charge on any atom is -0.310 e. The van der Waals surface area contributed by atoms with Gasteiger partial charge in [0, 0.05) is 17.9 Å². The Hall–Kier alpha value is -2.64. The Bertz CT molecular complexity index is 1100. The van der Waals surface area contributed by atoms with Gasteiger partial charge in [-0.1, -0.05) is 36.4 Å². The van der Waals surface area contributed by atoms with Crippen LogP contribution in [0.15, 0.2) is 66.0 Å². The van der Waals surface area contributed by atoms with E-state index in [1.807, 2.05) is 35.7 Å². The van der Waals surface area contributed by atoms with E-state index >= 15 is 0 Å². The first-order valence-corrected chi connectivity index (χ1v) is 11.1. The van der Waals surface area contributed by atoms with Gasteiger partial charge in [0.2, 0.25) is 0 Å². The van der Waals surface area contributed by atoms with Gasteiger partial charge in [0.1, 0.15) is 5.82 Å². The van der Waals surface area contributed by atoms with Crippen LogP contribution in [0.25, 0.3) is 0 Å². The largest absolute Gasteiger partial charge is 0.310 e. The fourth-order valence-corrected chi connectivity index (χ4v) is 6.21. The smallest absolute Gasteiger partial charge is 0.268 e. The summed E-state index contributed by atoms with van der Waals surface area (Å²) in [6.45, 7) is 0.770. The molecule has 146 valence electrons. The minimum absolute atomic E-state index is 0.124. The third-order valence-corrected chi connectivity index (χ3v) is 7.58. The summed E-state index contributed by atoms with van der Waals surface area (Å²) in [5, 5.41) is 1.86. The van der Waals surface area contributed by atoms with Crippen LogP contribution in [0.3, 0.4) is 0 Å². The van der Waals surface area contributed by atoms with Gasteiger partial charge in [-0.25, -0.2) is 4.39 Å². The molecule has 5 rings (SSSR count). The molecular weight excluding hydrogens is 407 g/mol. The highest BCUT2D eigenvalue weighted by Gasteiger charge is 2.59. The standard InChI is InChI=1S/C22H17FN2O2S2/c23-16-6-3-5-15(13-16)14-24-18-8-2-1-7-17(18)22(21(24)27)25(10-12-29-22)20(26)19-9-4-11-28-19/h1-9,11,13H,10,12,14H2. The molecule has 2 aromatic carbocycles. The Morgan fingerprint density at radius 1 is 1.10 bits per heavy atom. The summed E-state index contributed by atoms with van der Waals surface area (Å²) in [5.74, 6) is 0.0864. The molecule has 1 fully saturated rings. The number of para-hydroxylation sites is 1. The van der Waals surface area contributed by atoms with E-state index in [0.717, 1.165) is 11.3 Å². The Morgan fingerprint density at radius 2 is 1.97 bits per heavy atom. The quantitative estimate of drug-likeness (QED) is 0.623. The number of hydrogen-bond acceptors (Lipinski definition) is 4. The summed E-state index contributed by atoms with van der Waals surface area (Å²) in [6.07, 6.45) is 0. The number of thiophene rings is 1. The Morgan fingerprint density at radius 3 is 2.76 bits per heavy atom. The number of rotatable bonds is 3. The third-order valence-electron chi connectivity index (χ3n) is 5.31. The molecule has 2 aliphatic rings. The van der Waals surface area contributed by atoms with E-state index in [-0.39, 0.29) is 24.2 Å². The van der Waals surface area contributed by atoms with E-state index in [1.54, 1.807) is 28.0 Å². The molecule has 3 aromatic rings. The lowest BCUT2D eigenvalue weighted by atomic mass is 10.1. The van der Waals surface area contributed by atoms with Crippen LogP contribution in [0.1, 0.15) is 20.8 Å². The maximum Gasteiger partial charge on any atom is 0.268 e. The van der Waals surface area contributed by atoms with Crippen LogP contribution in [0.2, 0.25) is 0 Å². The van der Waals surface area contributed by atoms with Crippen LogP contribution in [0.4, 0.5) is 10.1 Å². The normalized spacial score (nSPS) is 20.5. The zero-order valence-electron chi connectivity index (χ0n) is 15.4. The average molecular weight is 425 g/mol. The number of amides is 2. The molecule has 1 aromatic heterocycles. The van der Waals surface area contributed by atoms with E-state index in [0.29, 0.717) is 22.7 Å². The minimum atomic E-state index is -1.06. The lowest BCUT2D eigenvalue weighted by Gasteiger charge is -2.33. The van der Waals surface area contributed by atoms with Gasteiger partial charge in [-0.3, -0.25) is 9.59 Å².